The highest BCUT2D eigenvalue weighted by Gasteiger charge is 2.29. The van der Waals surface area contributed by atoms with Crippen LogP contribution in [0.2, 0.25) is 0 Å². The van der Waals surface area contributed by atoms with E-state index in [4.69, 9.17) is 10.2 Å². The van der Waals surface area contributed by atoms with Crippen molar-refractivity contribution in [3.63, 3.8) is 0 Å². The first kappa shape index (κ1) is 10.6. The summed E-state index contributed by atoms with van der Waals surface area (Å²) in [5, 5.41) is 9.99. The third-order valence-corrected chi connectivity index (χ3v) is 3.65. The molecular weight excluding hydrogens is 204 g/mol. The van der Waals surface area contributed by atoms with Gasteiger partial charge < -0.3 is 0 Å². The molecule has 0 radical (unpaired) electrons. The van der Waals surface area contributed by atoms with Gasteiger partial charge in [-0.05, 0) is 18.8 Å². The van der Waals surface area contributed by atoms with Crippen molar-refractivity contribution in [2.24, 2.45) is 5.92 Å². The molecule has 3 heteroatoms. The van der Waals surface area contributed by atoms with E-state index in [0.717, 1.165) is 6.42 Å². The number of hydrogen-bond acceptors (Lipinski definition) is 3. The van der Waals surface area contributed by atoms with Crippen molar-refractivity contribution in [1.82, 2.24) is 4.98 Å². The second kappa shape index (κ2) is 4.32. The molecule has 0 bridgehead atoms. The molecule has 1 fully saturated rings. The Morgan fingerprint density at radius 3 is 2.80 bits per heavy atom. The minimum Gasteiger partial charge on any atom is -0.246 e. The zero-order valence-corrected chi connectivity index (χ0v) is 10.1. The molecule has 2 nitrogen and oxygen atoms in total. The van der Waals surface area contributed by atoms with Gasteiger partial charge in [-0.2, -0.15) is 5.26 Å². The van der Waals surface area contributed by atoms with Gasteiger partial charge in [-0.15, -0.1) is 11.3 Å². The van der Waals surface area contributed by atoms with Gasteiger partial charge in [-0.3, -0.25) is 0 Å². The molecule has 0 N–H and O–H groups in total. The Morgan fingerprint density at radius 2 is 2.27 bits per heavy atom. The average molecular weight is 220 g/mol. The summed E-state index contributed by atoms with van der Waals surface area (Å²) < 4.78 is 0. The minimum absolute atomic E-state index is 0.543. The molecule has 1 aromatic rings. The van der Waals surface area contributed by atoms with E-state index in [1.165, 1.54) is 28.4 Å². The molecular formula is C12H16N2S. The fourth-order valence-electron chi connectivity index (χ4n) is 1.72. The summed E-state index contributed by atoms with van der Waals surface area (Å²) in [7, 11) is 0. The maximum Gasteiger partial charge on any atom is 0.0934 e. The fourth-order valence-corrected chi connectivity index (χ4v) is 3.02. The average Bonchev–Trinajstić information content (AvgIpc) is 2.91. The molecule has 0 aromatic carbocycles. The Hall–Kier alpha value is -0.880. The molecule has 1 aromatic heterocycles. The summed E-state index contributed by atoms with van der Waals surface area (Å²) in [5.74, 6) is 1.32. The van der Waals surface area contributed by atoms with Gasteiger partial charge in [0.2, 0.25) is 0 Å². The number of nitrogens with zero attached hydrogens (tertiary/aromatic N) is 2. The lowest BCUT2D eigenvalue weighted by molar-refractivity contribution is 0.643. The van der Waals surface area contributed by atoms with Crippen LogP contribution in [0, 0.1) is 17.2 Å². The largest absolute Gasteiger partial charge is 0.246 e. The topological polar surface area (TPSA) is 36.7 Å². The van der Waals surface area contributed by atoms with Gasteiger partial charge in [0.25, 0.3) is 0 Å². The zero-order chi connectivity index (χ0) is 10.8. The maximum absolute atomic E-state index is 8.77. The van der Waals surface area contributed by atoms with Crippen molar-refractivity contribution in [3.05, 3.63) is 15.6 Å². The summed E-state index contributed by atoms with van der Waals surface area (Å²) in [6, 6.07) is 2.24. The molecule has 1 aliphatic rings. The van der Waals surface area contributed by atoms with Crippen LogP contribution in [0.4, 0.5) is 0 Å². The molecule has 1 saturated carbocycles. The molecule has 1 heterocycles. The monoisotopic (exact) mass is 220 g/mol. The molecule has 0 aliphatic heterocycles. The van der Waals surface area contributed by atoms with E-state index in [-0.39, 0.29) is 0 Å². The summed E-state index contributed by atoms with van der Waals surface area (Å²) in [6.07, 6.45) is 4.13. The minimum atomic E-state index is 0.543. The van der Waals surface area contributed by atoms with Crippen LogP contribution >= 0.6 is 11.3 Å². The van der Waals surface area contributed by atoms with Gasteiger partial charge in [0.15, 0.2) is 0 Å². The van der Waals surface area contributed by atoms with Crippen LogP contribution in [-0.4, -0.2) is 4.98 Å². The maximum atomic E-state index is 8.77. The van der Waals surface area contributed by atoms with Crippen LogP contribution in [-0.2, 0) is 12.8 Å². The lowest BCUT2D eigenvalue weighted by atomic mass is 10.1. The Bertz CT molecular complexity index is 383. The normalized spacial score (nSPS) is 15.6. The van der Waals surface area contributed by atoms with Gasteiger partial charge in [0.1, 0.15) is 0 Å². The Morgan fingerprint density at radius 1 is 1.53 bits per heavy atom. The predicted molar refractivity (Wildman–Crippen MR) is 61.9 cm³/mol. The molecule has 15 heavy (non-hydrogen) atoms. The van der Waals surface area contributed by atoms with Crippen LogP contribution in [0.5, 0.6) is 0 Å². The predicted octanol–water partition coefficient (Wildman–Crippen LogP) is 3.29. The number of nitriles is 1. The molecule has 0 amide bonds. The zero-order valence-electron chi connectivity index (χ0n) is 9.29. The van der Waals surface area contributed by atoms with Crippen molar-refractivity contribution in [3.8, 4) is 6.07 Å². The number of rotatable bonds is 4. The van der Waals surface area contributed by atoms with Crippen molar-refractivity contribution < 1.29 is 0 Å². The highest BCUT2D eigenvalue weighted by molar-refractivity contribution is 7.11. The Balaban J connectivity index is 2.19. The first-order chi connectivity index (χ1) is 7.20. The van der Waals surface area contributed by atoms with Gasteiger partial charge >= 0.3 is 0 Å². The van der Waals surface area contributed by atoms with Crippen LogP contribution in [0.15, 0.2) is 0 Å². The quantitative estimate of drug-likeness (QED) is 0.780. The highest BCUT2D eigenvalue weighted by Crippen LogP contribution is 2.42. The van der Waals surface area contributed by atoms with E-state index >= 15 is 0 Å². The van der Waals surface area contributed by atoms with Crippen LogP contribution in [0.1, 0.15) is 48.2 Å². The summed E-state index contributed by atoms with van der Waals surface area (Å²) >= 11 is 1.75. The van der Waals surface area contributed by atoms with E-state index in [0.29, 0.717) is 18.3 Å². The van der Waals surface area contributed by atoms with E-state index in [1.807, 2.05) is 0 Å². The Kier molecular flexibility index (Phi) is 3.06. The molecule has 0 atom stereocenters. The highest BCUT2D eigenvalue weighted by atomic mass is 32.1. The van der Waals surface area contributed by atoms with Crippen LogP contribution in [0.3, 0.4) is 0 Å². The first-order valence-corrected chi connectivity index (χ1v) is 6.37. The third kappa shape index (κ3) is 2.57. The summed E-state index contributed by atoms with van der Waals surface area (Å²) in [6.45, 7) is 4.42. The van der Waals surface area contributed by atoms with Crippen LogP contribution < -0.4 is 0 Å². The van der Waals surface area contributed by atoms with Crippen molar-refractivity contribution in [2.75, 3.05) is 0 Å². The molecule has 80 valence electrons. The second-order valence-electron chi connectivity index (χ2n) is 4.62. The standard InChI is InChI=1S/C12H16N2S/c1-8(2)7-11-14-12(9-3-4-9)10(15-11)5-6-13/h8-9H,3-5,7H2,1-2H3. The molecule has 0 saturated heterocycles. The molecule has 1 aliphatic carbocycles. The number of aromatic nitrogens is 1. The molecule has 0 spiro atoms. The van der Waals surface area contributed by atoms with Crippen LogP contribution in [0.25, 0.3) is 0 Å². The van der Waals surface area contributed by atoms with E-state index in [2.05, 4.69) is 19.9 Å². The lowest BCUT2D eigenvalue weighted by Gasteiger charge is -1.98. The third-order valence-electron chi connectivity index (χ3n) is 2.56. The Labute approximate surface area is 95.0 Å². The molecule has 0 unspecified atom stereocenters. The van der Waals surface area contributed by atoms with Gasteiger partial charge in [-0.25, -0.2) is 4.98 Å². The van der Waals surface area contributed by atoms with Crippen molar-refractivity contribution in [1.29, 1.82) is 5.26 Å². The fraction of sp³-hybridized carbons (Fsp3) is 0.667. The SMILES string of the molecule is CC(C)Cc1nc(C2CC2)c(CC#N)s1. The van der Waals surface area contributed by atoms with Crippen molar-refractivity contribution in [2.45, 2.75) is 45.4 Å². The van der Waals surface area contributed by atoms with Gasteiger partial charge in [0.05, 0.1) is 23.2 Å². The van der Waals surface area contributed by atoms with Gasteiger partial charge in [-0.1, -0.05) is 13.8 Å². The molecule has 2 rings (SSSR count). The van der Waals surface area contributed by atoms with E-state index in [1.54, 1.807) is 11.3 Å². The van der Waals surface area contributed by atoms with Crippen molar-refractivity contribution >= 4 is 11.3 Å². The lowest BCUT2D eigenvalue weighted by Crippen LogP contribution is -1.93. The summed E-state index contributed by atoms with van der Waals surface area (Å²) in [4.78, 5) is 5.92. The number of hydrogen-bond donors (Lipinski definition) is 0. The number of thiazole rings is 1. The first-order valence-electron chi connectivity index (χ1n) is 5.56. The van der Waals surface area contributed by atoms with Gasteiger partial charge in [0, 0.05) is 17.2 Å². The second-order valence-corrected chi connectivity index (χ2v) is 5.79. The smallest absolute Gasteiger partial charge is 0.0934 e. The summed E-state index contributed by atoms with van der Waals surface area (Å²) in [5.41, 5.74) is 1.23. The van der Waals surface area contributed by atoms with E-state index < -0.39 is 0 Å². The van der Waals surface area contributed by atoms with E-state index in [9.17, 15) is 0 Å².